The van der Waals surface area contributed by atoms with Crippen LogP contribution < -0.4 is 0 Å². The van der Waals surface area contributed by atoms with Crippen LogP contribution in [0.4, 0.5) is 0 Å². The Morgan fingerprint density at radius 2 is 0.514 bits per heavy atom. The highest BCUT2D eigenvalue weighted by atomic mass is 14.2. The fraction of sp³-hybridized carbons (Fsp3) is 0.361. The smallest absolute Gasteiger partial charge is 0.0126 e. The molecule has 0 aliphatic carbocycles. The molecule has 388 valence electrons. The van der Waals surface area contributed by atoms with Crippen LogP contribution in [0.25, 0.3) is 33.0 Å². The van der Waals surface area contributed by atoms with Crippen molar-refractivity contribution in [1.29, 1.82) is 0 Å². The van der Waals surface area contributed by atoms with Crippen molar-refractivity contribution in [3.8, 4) is 22.3 Å². The molecule has 0 heterocycles. The van der Waals surface area contributed by atoms with Crippen molar-refractivity contribution in [3.05, 3.63) is 240 Å². The van der Waals surface area contributed by atoms with Gasteiger partial charge in [-0.25, -0.2) is 0 Å². The van der Waals surface area contributed by atoms with Gasteiger partial charge in [-0.05, 0) is 87.9 Å². The summed E-state index contributed by atoms with van der Waals surface area (Å²) in [5, 5.41) is 2.71. The van der Waals surface area contributed by atoms with Crippen LogP contribution in [0.2, 0.25) is 0 Å². The molecule has 0 heteroatoms. The number of hydrogen-bond donors (Lipinski definition) is 0. The van der Waals surface area contributed by atoms with Crippen molar-refractivity contribution in [2.45, 2.75) is 173 Å². The minimum atomic E-state index is 0. The first-order chi connectivity index (χ1) is 33.0. The highest BCUT2D eigenvalue weighted by Gasteiger charge is 2.19. The Hall–Kier alpha value is -5.98. The second-order valence-electron chi connectivity index (χ2n) is 22.4. The monoisotopic (exact) mass is 965 g/mol. The predicted molar refractivity (Wildman–Crippen MR) is 330 cm³/mol. The molecule has 0 saturated heterocycles. The van der Waals surface area contributed by atoms with E-state index in [1.807, 2.05) is 33.8 Å². The van der Waals surface area contributed by atoms with E-state index in [1.165, 1.54) is 60.8 Å². The number of rotatable bonds is 2. The molecule has 0 atom stereocenters. The van der Waals surface area contributed by atoms with Crippen LogP contribution in [0.3, 0.4) is 0 Å². The van der Waals surface area contributed by atoms with Gasteiger partial charge >= 0.3 is 0 Å². The normalized spacial score (nSPS) is 10.8. The van der Waals surface area contributed by atoms with Crippen LogP contribution in [0.1, 0.15) is 174 Å². The van der Waals surface area contributed by atoms with Crippen LogP contribution in [-0.2, 0) is 27.1 Å². The molecule has 0 fully saturated rings. The zero-order valence-electron chi connectivity index (χ0n) is 47.2. The molecule has 0 spiro atoms. The summed E-state index contributed by atoms with van der Waals surface area (Å²) in [6.45, 7) is 41.6. The third kappa shape index (κ3) is 22.6. The van der Waals surface area contributed by atoms with E-state index >= 15 is 0 Å². The van der Waals surface area contributed by atoms with Crippen molar-refractivity contribution in [1.82, 2.24) is 0 Å². The van der Waals surface area contributed by atoms with E-state index < -0.39 is 0 Å². The molecule has 8 rings (SSSR count). The standard InChI is InChI=1S/2C16H18.C14H16.2C10H14.2C2H6.2CH4/c1-16(2,3)15-12-8-7-11-14(15)13-9-5-4-6-10-13;1-16(2,3)15-11-9-14(10-12-15)13-7-5-4-6-8-13;1-14(2,3)13-10-6-8-11-7-4-5-9-12(11)13;2*1-10(2,3)9-7-5-4-6-8-9;2*1-2;;/h2*4-12H,1-3H3;4-10H,1-3H3;2*4-8H,1-3H3;2*1-2H3;2*1H4. The summed E-state index contributed by atoms with van der Waals surface area (Å²) >= 11 is 0. The van der Waals surface area contributed by atoms with Gasteiger partial charge in [0.25, 0.3) is 0 Å². The molecule has 0 aliphatic heterocycles. The maximum atomic E-state index is 2.26. The molecule has 8 aromatic rings. The Labute approximate surface area is 444 Å². The van der Waals surface area contributed by atoms with E-state index in [9.17, 15) is 0 Å². The minimum absolute atomic E-state index is 0. The average molecular weight is 966 g/mol. The van der Waals surface area contributed by atoms with Crippen molar-refractivity contribution in [3.63, 3.8) is 0 Å². The molecular formula is C72H100. The Balaban J connectivity index is 0.000000864. The predicted octanol–water partition coefficient (Wildman–Crippen LogP) is 22.7. The van der Waals surface area contributed by atoms with Gasteiger partial charge in [0, 0.05) is 0 Å². The van der Waals surface area contributed by atoms with Gasteiger partial charge in [-0.1, -0.05) is 359 Å². The van der Waals surface area contributed by atoms with E-state index in [0.717, 1.165) is 0 Å². The molecule has 0 aliphatic rings. The minimum Gasteiger partial charge on any atom is -0.0776 e. The third-order valence-corrected chi connectivity index (χ3v) is 11.6. The highest BCUT2D eigenvalue weighted by molar-refractivity contribution is 5.86. The third-order valence-electron chi connectivity index (χ3n) is 11.6. The van der Waals surface area contributed by atoms with E-state index in [-0.39, 0.29) is 31.1 Å². The van der Waals surface area contributed by atoms with E-state index in [1.54, 1.807) is 0 Å². The first-order valence-corrected chi connectivity index (χ1v) is 25.9. The lowest BCUT2D eigenvalue weighted by Gasteiger charge is -2.23. The summed E-state index contributed by atoms with van der Waals surface area (Å²) in [6.07, 6.45) is 0. The van der Waals surface area contributed by atoms with Crippen LogP contribution in [0.15, 0.2) is 212 Å². The lowest BCUT2D eigenvalue weighted by atomic mass is 9.82. The van der Waals surface area contributed by atoms with Crippen LogP contribution in [0.5, 0.6) is 0 Å². The Morgan fingerprint density at radius 3 is 0.903 bits per heavy atom. The molecule has 0 radical (unpaired) electrons. The molecule has 0 N–H and O–H groups in total. The van der Waals surface area contributed by atoms with E-state index in [0.29, 0.717) is 10.8 Å². The van der Waals surface area contributed by atoms with E-state index in [2.05, 4.69) is 310 Å². The first kappa shape index (κ1) is 66.0. The second kappa shape index (κ2) is 31.5. The second-order valence-corrected chi connectivity index (χ2v) is 22.4. The molecule has 0 saturated carbocycles. The van der Waals surface area contributed by atoms with Gasteiger partial charge in [0.05, 0.1) is 0 Å². The molecule has 0 aromatic heterocycles. The summed E-state index contributed by atoms with van der Waals surface area (Å²) in [4.78, 5) is 0. The summed E-state index contributed by atoms with van der Waals surface area (Å²) in [5.74, 6) is 0. The maximum absolute atomic E-state index is 2.26. The average Bonchev–Trinajstić information content (AvgIpc) is 3.36. The zero-order valence-corrected chi connectivity index (χ0v) is 47.2. The quantitative estimate of drug-likeness (QED) is 0.162. The lowest BCUT2D eigenvalue weighted by Crippen LogP contribution is -2.12. The Kier molecular flexibility index (Phi) is 28.9. The van der Waals surface area contributed by atoms with E-state index in [4.69, 9.17) is 0 Å². The Morgan fingerprint density at radius 1 is 0.222 bits per heavy atom. The molecule has 72 heavy (non-hydrogen) atoms. The van der Waals surface area contributed by atoms with Gasteiger partial charge in [0.15, 0.2) is 0 Å². The molecule has 8 aromatic carbocycles. The number of fused-ring (bicyclic) bond motifs is 1. The van der Waals surface area contributed by atoms with Crippen molar-refractivity contribution in [2.75, 3.05) is 0 Å². The number of hydrogen-bond acceptors (Lipinski definition) is 0. The van der Waals surface area contributed by atoms with Gasteiger partial charge in [0.2, 0.25) is 0 Å². The van der Waals surface area contributed by atoms with Crippen LogP contribution in [-0.4, -0.2) is 0 Å². The molecule has 0 nitrogen and oxygen atoms in total. The van der Waals surface area contributed by atoms with Crippen molar-refractivity contribution >= 4 is 10.8 Å². The largest absolute Gasteiger partial charge is 0.0776 e. The van der Waals surface area contributed by atoms with Gasteiger partial charge < -0.3 is 0 Å². The summed E-state index contributed by atoms with van der Waals surface area (Å²) in [7, 11) is 0. The molecule has 0 unspecified atom stereocenters. The fourth-order valence-electron chi connectivity index (χ4n) is 7.56. The molecular weight excluding hydrogens is 865 g/mol. The SMILES string of the molecule is C.C.CC.CC.CC(C)(C)c1ccc(-c2ccccc2)cc1.CC(C)(C)c1cccc2ccccc12.CC(C)(C)c1ccccc1.CC(C)(C)c1ccccc1.CC(C)(C)c1ccccc1-c1ccccc1. The Bertz CT molecular complexity index is 2530. The van der Waals surface area contributed by atoms with Gasteiger partial charge in [-0.3, -0.25) is 0 Å². The molecule has 0 bridgehead atoms. The highest BCUT2D eigenvalue weighted by Crippen LogP contribution is 2.33. The summed E-state index contributed by atoms with van der Waals surface area (Å²) < 4.78 is 0. The summed E-state index contributed by atoms with van der Waals surface area (Å²) in [5.41, 5.74) is 13.4. The number of benzene rings is 8. The van der Waals surface area contributed by atoms with Gasteiger partial charge in [-0.2, -0.15) is 0 Å². The van der Waals surface area contributed by atoms with Crippen LogP contribution >= 0.6 is 0 Å². The van der Waals surface area contributed by atoms with Crippen LogP contribution in [0, 0.1) is 0 Å². The zero-order chi connectivity index (χ0) is 52.6. The van der Waals surface area contributed by atoms with Gasteiger partial charge in [0.1, 0.15) is 0 Å². The first-order valence-electron chi connectivity index (χ1n) is 25.9. The molecule has 0 amide bonds. The van der Waals surface area contributed by atoms with Crippen molar-refractivity contribution in [2.24, 2.45) is 0 Å². The summed E-state index contributed by atoms with van der Waals surface area (Å²) in [6, 6.07) is 74.8. The van der Waals surface area contributed by atoms with Gasteiger partial charge in [-0.15, -0.1) is 0 Å². The van der Waals surface area contributed by atoms with Crippen molar-refractivity contribution < 1.29 is 0 Å². The lowest BCUT2D eigenvalue weighted by molar-refractivity contribution is 0.590. The maximum Gasteiger partial charge on any atom is -0.0126 e. The fourth-order valence-corrected chi connectivity index (χ4v) is 7.56. The topological polar surface area (TPSA) is 0 Å².